The van der Waals surface area contributed by atoms with Crippen molar-refractivity contribution in [3.8, 4) is 5.75 Å². The van der Waals surface area contributed by atoms with Crippen LogP contribution in [0.4, 0.5) is 11.4 Å². The molecule has 1 aliphatic heterocycles. The second-order valence-corrected chi connectivity index (χ2v) is 10.5. The molecule has 0 radical (unpaired) electrons. The molecule has 0 saturated heterocycles. The van der Waals surface area contributed by atoms with E-state index in [0.717, 1.165) is 29.8 Å². The minimum Gasteiger partial charge on any atom is -0.490 e. The zero-order valence-corrected chi connectivity index (χ0v) is 19.0. The van der Waals surface area contributed by atoms with E-state index in [-0.39, 0.29) is 17.2 Å². The first-order valence-corrected chi connectivity index (χ1v) is 11.6. The summed E-state index contributed by atoms with van der Waals surface area (Å²) in [4.78, 5) is 29.1. The van der Waals surface area contributed by atoms with E-state index in [2.05, 4.69) is 19.2 Å². The van der Waals surface area contributed by atoms with E-state index < -0.39 is 5.41 Å². The van der Waals surface area contributed by atoms with Crippen molar-refractivity contribution >= 4 is 34.5 Å². The molecule has 1 aromatic heterocycles. The van der Waals surface area contributed by atoms with E-state index in [0.29, 0.717) is 30.5 Å². The standard InChI is InChI=1S/C24H30N2O3S/c1-16(2)9-12-26-18-8-7-17(14-19(18)29-15-23(3,4)22(26)28)25-21(27)24(10-11-24)20-6-5-13-30-20/h5-8,13-14,16H,9-12,15H2,1-4H3,(H,25,27). The molecule has 5 nitrogen and oxygen atoms in total. The molecular formula is C24H30N2O3S. The van der Waals surface area contributed by atoms with E-state index in [9.17, 15) is 9.59 Å². The number of benzene rings is 1. The van der Waals surface area contributed by atoms with Crippen molar-refractivity contribution in [3.63, 3.8) is 0 Å². The molecule has 2 aliphatic rings. The van der Waals surface area contributed by atoms with Crippen LogP contribution in [0.5, 0.6) is 5.75 Å². The number of carbonyl (C=O) groups is 2. The average Bonchev–Trinajstić information content (AvgIpc) is 3.35. The second kappa shape index (κ2) is 7.73. The number of hydrogen-bond donors (Lipinski definition) is 1. The molecule has 0 unspecified atom stereocenters. The molecule has 2 heterocycles. The Morgan fingerprint density at radius 1 is 1.27 bits per heavy atom. The van der Waals surface area contributed by atoms with Crippen molar-refractivity contribution in [2.45, 2.75) is 52.4 Å². The van der Waals surface area contributed by atoms with Crippen LogP contribution in [0.2, 0.25) is 0 Å². The van der Waals surface area contributed by atoms with E-state index in [4.69, 9.17) is 4.74 Å². The third-order valence-electron chi connectivity index (χ3n) is 6.03. The Morgan fingerprint density at radius 3 is 2.67 bits per heavy atom. The van der Waals surface area contributed by atoms with Crippen LogP contribution in [0.3, 0.4) is 0 Å². The van der Waals surface area contributed by atoms with Gasteiger partial charge in [0, 0.05) is 23.2 Å². The van der Waals surface area contributed by atoms with Crippen LogP contribution in [0.25, 0.3) is 0 Å². The smallest absolute Gasteiger partial charge is 0.236 e. The second-order valence-electron chi connectivity index (χ2n) is 9.51. The maximum absolute atomic E-state index is 13.2. The Labute approximate surface area is 182 Å². The maximum Gasteiger partial charge on any atom is 0.236 e. The van der Waals surface area contributed by atoms with Crippen molar-refractivity contribution in [2.24, 2.45) is 11.3 Å². The van der Waals surface area contributed by atoms with Crippen LogP contribution in [0.15, 0.2) is 35.7 Å². The quantitative estimate of drug-likeness (QED) is 0.689. The van der Waals surface area contributed by atoms with E-state index in [1.54, 1.807) is 11.3 Å². The summed E-state index contributed by atoms with van der Waals surface area (Å²) in [6.45, 7) is 9.13. The molecule has 1 N–H and O–H groups in total. The minimum atomic E-state index is -0.601. The number of anilines is 2. The topological polar surface area (TPSA) is 58.6 Å². The van der Waals surface area contributed by atoms with Gasteiger partial charge in [0.15, 0.2) is 0 Å². The first kappa shape index (κ1) is 20.9. The van der Waals surface area contributed by atoms with Gasteiger partial charge in [-0.3, -0.25) is 9.59 Å². The molecule has 0 atom stereocenters. The number of ether oxygens (including phenoxy) is 1. The Kier molecular flexibility index (Phi) is 5.39. The number of rotatable bonds is 6. The van der Waals surface area contributed by atoms with Crippen molar-refractivity contribution in [1.82, 2.24) is 0 Å². The van der Waals surface area contributed by atoms with Gasteiger partial charge < -0.3 is 15.0 Å². The van der Waals surface area contributed by atoms with Crippen LogP contribution < -0.4 is 15.0 Å². The van der Waals surface area contributed by atoms with Crippen LogP contribution in [0.1, 0.15) is 51.8 Å². The van der Waals surface area contributed by atoms with Gasteiger partial charge in [0.05, 0.1) is 16.5 Å². The summed E-state index contributed by atoms with van der Waals surface area (Å²) >= 11 is 1.64. The highest BCUT2D eigenvalue weighted by molar-refractivity contribution is 7.10. The van der Waals surface area contributed by atoms with E-state index >= 15 is 0 Å². The highest BCUT2D eigenvalue weighted by Crippen LogP contribution is 2.51. The normalized spacial score (nSPS) is 19.1. The Bertz CT molecular complexity index is 945. The summed E-state index contributed by atoms with van der Waals surface area (Å²) in [5.74, 6) is 1.26. The average molecular weight is 427 g/mol. The first-order chi connectivity index (χ1) is 14.2. The lowest BCUT2D eigenvalue weighted by molar-refractivity contribution is -0.127. The number of fused-ring (bicyclic) bond motifs is 1. The van der Waals surface area contributed by atoms with Gasteiger partial charge in [-0.05, 0) is 62.6 Å². The van der Waals surface area contributed by atoms with Gasteiger partial charge in [0.25, 0.3) is 0 Å². The first-order valence-electron chi connectivity index (χ1n) is 10.7. The summed E-state index contributed by atoms with van der Waals surface area (Å²) in [6.07, 6.45) is 2.68. The number of hydrogen-bond acceptors (Lipinski definition) is 4. The largest absolute Gasteiger partial charge is 0.490 e. The zero-order chi connectivity index (χ0) is 21.5. The Morgan fingerprint density at radius 2 is 2.03 bits per heavy atom. The summed E-state index contributed by atoms with van der Waals surface area (Å²) in [5, 5.41) is 5.10. The van der Waals surface area contributed by atoms with Crippen LogP contribution in [-0.2, 0) is 15.0 Å². The van der Waals surface area contributed by atoms with Gasteiger partial charge in [-0.2, -0.15) is 0 Å². The lowest BCUT2D eigenvalue weighted by atomic mass is 9.92. The third kappa shape index (κ3) is 3.85. The van der Waals surface area contributed by atoms with E-state index in [1.807, 2.05) is 54.5 Å². The van der Waals surface area contributed by atoms with Gasteiger partial charge in [0.2, 0.25) is 11.8 Å². The highest BCUT2D eigenvalue weighted by atomic mass is 32.1. The molecule has 30 heavy (non-hydrogen) atoms. The van der Waals surface area contributed by atoms with Gasteiger partial charge in [-0.1, -0.05) is 19.9 Å². The van der Waals surface area contributed by atoms with E-state index in [1.165, 1.54) is 0 Å². The molecule has 0 bridgehead atoms. The Hall–Kier alpha value is -2.34. The molecule has 2 aromatic rings. The number of carbonyl (C=O) groups excluding carboxylic acids is 2. The van der Waals surface area contributed by atoms with Crippen LogP contribution in [-0.4, -0.2) is 25.0 Å². The number of nitrogens with one attached hydrogen (secondary N) is 1. The van der Waals surface area contributed by atoms with Gasteiger partial charge in [-0.15, -0.1) is 11.3 Å². The zero-order valence-electron chi connectivity index (χ0n) is 18.2. The fourth-order valence-corrected chi connectivity index (χ4v) is 4.83. The molecular weight excluding hydrogens is 396 g/mol. The predicted molar refractivity (Wildman–Crippen MR) is 121 cm³/mol. The van der Waals surface area contributed by atoms with Crippen molar-refractivity contribution in [3.05, 3.63) is 40.6 Å². The molecule has 1 aliphatic carbocycles. The van der Waals surface area contributed by atoms with Crippen molar-refractivity contribution < 1.29 is 14.3 Å². The summed E-state index contributed by atoms with van der Waals surface area (Å²) in [5.41, 5.74) is 0.501. The lowest BCUT2D eigenvalue weighted by Gasteiger charge is -2.28. The lowest BCUT2D eigenvalue weighted by Crippen LogP contribution is -2.42. The molecule has 1 aromatic carbocycles. The van der Waals surface area contributed by atoms with Crippen molar-refractivity contribution in [2.75, 3.05) is 23.4 Å². The van der Waals surface area contributed by atoms with Gasteiger partial charge in [-0.25, -0.2) is 0 Å². The predicted octanol–water partition coefficient (Wildman–Crippen LogP) is 5.22. The molecule has 1 saturated carbocycles. The summed E-state index contributed by atoms with van der Waals surface area (Å²) in [6, 6.07) is 9.66. The monoisotopic (exact) mass is 426 g/mol. The van der Waals surface area contributed by atoms with Gasteiger partial charge in [0.1, 0.15) is 12.4 Å². The van der Waals surface area contributed by atoms with Crippen molar-refractivity contribution in [1.29, 1.82) is 0 Å². The molecule has 160 valence electrons. The highest BCUT2D eigenvalue weighted by Gasteiger charge is 2.52. The number of nitrogens with zero attached hydrogens (tertiary/aromatic N) is 1. The number of amides is 2. The minimum absolute atomic E-state index is 0.0339. The maximum atomic E-state index is 13.2. The molecule has 2 amide bonds. The van der Waals surface area contributed by atoms with Gasteiger partial charge >= 0.3 is 0 Å². The number of thiophene rings is 1. The molecule has 1 fully saturated rings. The molecule has 4 rings (SSSR count). The Balaban J connectivity index is 1.59. The molecule has 0 spiro atoms. The summed E-state index contributed by atoms with van der Waals surface area (Å²) in [7, 11) is 0. The van der Waals surface area contributed by atoms with Crippen LogP contribution >= 0.6 is 11.3 Å². The fraction of sp³-hybridized carbons (Fsp3) is 0.500. The summed E-state index contributed by atoms with van der Waals surface area (Å²) < 4.78 is 6.06. The fourth-order valence-electron chi connectivity index (χ4n) is 3.85. The molecule has 6 heteroatoms. The SMILES string of the molecule is CC(C)CCN1C(=O)C(C)(C)COc2cc(NC(=O)C3(c4cccs4)CC3)ccc21. The third-order valence-corrected chi connectivity index (χ3v) is 7.10. The van der Waals surface area contributed by atoms with Crippen LogP contribution in [0, 0.1) is 11.3 Å².